The summed E-state index contributed by atoms with van der Waals surface area (Å²) in [5.74, 6) is -1.12. The van der Waals surface area contributed by atoms with Crippen molar-refractivity contribution in [2.24, 2.45) is 0 Å². The van der Waals surface area contributed by atoms with E-state index in [4.69, 9.17) is 11.6 Å². The number of amides is 3. The van der Waals surface area contributed by atoms with Crippen LogP contribution in [-0.4, -0.2) is 47.8 Å². The topological polar surface area (TPSA) is 78.5 Å². The maximum atomic E-state index is 13.1. The van der Waals surface area contributed by atoms with Crippen LogP contribution in [0, 0.1) is 5.82 Å². The normalized spacial score (nSPS) is 15.3. The first-order chi connectivity index (χ1) is 14.8. The Labute approximate surface area is 185 Å². The smallest absolute Gasteiger partial charge is 0.253 e. The van der Waals surface area contributed by atoms with Crippen LogP contribution in [0.1, 0.15) is 35.7 Å². The summed E-state index contributed by atoms with van der Waals surface area (Å²) in [6.45, 7) is 2.33. The van der Waals surface area contributed by atoms with E-state index in [-0.39, 0.29) is 36.0 Å². The molecule has 0 spiro atoms. The van der Waals surface area contributed by atoms with Crippen molar-refractivity contribution in [1.29, 1.82) is 0 Å². The van der Waals surface area contributed by atoms with Crippen LogP contribution < -0.4 is 10.6 Å². The van der Waals surface area contributed by atoms with E-state index >= 15 is 0 Å². The zero-order valence-corrected chi connectivity index (χ0v) is 18.0. The maximum Gasteiger partial charge on any atom is 0.253 e. The summed E-state index contributed by atoms with van der Waals surface area (Å²) >= 11 is 6.20. The third-order valence-corrected chi connectivity index (χ3v) is 5.66. The van der Waals surface area contributed by atoms with Gasteiger partial charge in [-0.2, -0.15) is 0 Å². The van der Waals surface area contributed by atoms with Gasteiger partial charge >= 0.3 is 0 Å². The van der Waals surface area contributed by atoms with Crippen LogP contribution in [0.5, 0.6) is 0 Å². The second-order valence-corrected chi connectivity index (χ2v) is 8.04. The molecular weight excluding hydrogens is 421 g/mol. The monoisotopic (exact) mass is 445 g/mol. The highest BCUT2D eigenvalue weighted by Crippen LogP contribution is 2.18. The third-order valence-electron chi connectivity index (χ3n) is 5.30. The number of nitrogens with one attached hydrogen (secondary N) is 2. The molecule has 8 heteroatoms. The molecule has 6 nitrogen and oxygen atoms in total. The lowest BCUT2D eigenvalue weighted by Gasteiger charge is -2.33. The van der Waals surface area contributed by atoms with Gasteiger partial charge in [0.1, 0.15) is 11.9 Å². The molecule has 0 bridgehead atoms. The van der Waals surface area contributed by atoms with E-state index in [1.807, 2.05) is 12.1 Å². The highest BCUT2D eigenvalue weighted by Gasteiger charge is 2.28. The van der Waals surface area contributed by atoms with Crippen LogP contribution in [-0.2, 0) is 16.0 Å². The summed E-state index contributed by atoms with van der Waals surface area (Å²) in [5, 5.41) is 6.22. The standard InChI is InChI=1S/C23H25ClFN3O3/c1-15(29)26-21(14-17-4-2-3-5-20(17)24)22(30)27-19-10-12-28(13-11-19)23(31)16-6-8-18(25)9-7-16/h2-9,19,21H,10-14H2,1H3,(H,26,29)(H,27,30)/t21-/m1/s1. The molecule has 1 heterocycles. The summed E-state index contributed by atoms with van der Waals surface area (Å²) in [5.41, 5.74) is 1.21. The number of hydrogen-bond donors (Lipinski definition) is 2. The first-order valence-electron chi connectivity index (χ1n) is 10.2. The Kier molecular flexibility index (Phi) is 7.63. The lowest BCUT2D eigenvalue weighted by Crippen LogP contribution is -2.53. The Morgan fingerprint density at radius 3 is 2.35 bits per heavy atom. The van der Waals surface area contributed by atoms with E-state index in [1.165, 1.54) is 31.2 Å². The van der Waals surface area contributed by atoms with Crippen molar-refractivity contribution in [1.82, 2.24) is 15.5 Å². The van der Waals surface area contributed by atoms with Gasteiger partial charge in [-0.05, 0) is 48.7 Å². The van der Waals surface area contributed by atoms with Crippen molar-refractivity contribution in [3.8, 4) is 0 Å². The molecule has 0 saturated carbocycles. The molecule has 1 aliphatic heterocycles. The van der Waals surface area contributed by atoms with E-state index in [0.717, 1.165) is 5.56 Å². The Balaban J connectivity index is 1.56. The minimum atomic E-state index is -0.740. The lowest BCUT2D eigenvalue weighted by molar-refractivity contribution is -0.128. The van der Waals surface area contributed by atoms with Crippen LogP contribution in [0.25, 0.3) is 0 Å². The number of carbonyl (C=O) groups excluding carboxylic acids is 3. The number of benzene rings is 2. The minimum absolute atomic E-state index is 0.104. The number of rotatable bonds is 6. The van der Waals surface area contributed by atoms with E-state index in [9.17, 15) is 18.8 Å². The molecular formula is C23H25ClFN3O3. The van der Waals surface area contributed by atoms with Gasteiger partial charge in [-0.3, -0.25) is 14.4 Å². The Hall–Kier alpha value is -2.93. The van der Waals surface area contributed by atoms with E-state index in [1.54, 1.807) is 17.0 Å². The van der Waals surface area contributed by atoms with Gasteiger partial charge in [0, 0.05) is 43.1 Å². The molecule has 31 heavy (non-hydrogen) atoms. The summed E-state index contributed by atoms with van der Waals surface area (Å²) in [6.07, 6.45) is 1.47. The van der Waals surface area contributed by atoms with Crippen LogP contribution in [0.3, 0.4) is 0 Å². The van der Waals surface area contributed by atoms with Crippen LogP contribution in [0.15, 0.2) is 48.5 Å². The SMILES string of the molecule is CC(=O)N[C@H](Cc1ccccc1Cl)C(=O)NC1CCN(C(=O)c2ccc(F)cc2)CC1. The van der Waals surface area contributed by atoms with Crippen molar-refractivity contribution in [2.75, 3.05) is 13.1 Å². The van der Waals surface area contributed by atoms with Gasteiger partial charge < -0.3 is 15.5 Å². The van der Waals surface area contributed by atoms with Crippen molar-refractivity contribution in [3.05, 3.63) is 70.5 Å². The lowest BCUT2D eigenvalue weighted by atomic mass is 10.0. The quantitative estimate of drug-likeness (QED) is 0.717. The molecule has 0 unspecified atom stereocenters. The minimum Gasteiger partial charge on any atom is -0.351 e. The van der Waals surface area contributed by atoms with Crippen molar-refractivity contribution < 1.29 is 18.8 Å². The van der Waals surface area contributed by atoms with Gasteiger partial charge in [-0.25, -0.2) is 4.39 Å². The second-order valence-electron chi connectivity index (χ2n) is 7.63. The third kappa shape index (κ3) is 6.28. The van der Waals surface area contributed by atoms with E-state index in [2.05, 4.69) is 10.6 Å². The van der Waals surface area contributed by atoms with Crippen LogP contribution in [0.2, 0.25) is 5.02 Å². The van der Waals surface area contributed by atoms with E-state index in [0.29, 0.717) is 36.5 Å². The summed E-state index contributed by atoms with van der Waals surface area (Å²) in [6, 6.07) is 11.8. The average molecular weight is 446 g/mol. The molecule has 2 N–H and O–H groups in total. The fraction of sp³-hybridized carbons (Fsp3) is 0.348. The van der Waals surface area contributed by atoms with Crippen molar-refractivity contribution >= 4 is 29.3 Å². The largest absolute Gasteiger partial charge is 0.351 e. The molecule has 0 aliphatic carbocycles. The van der Waals surface area contributed by atoms with Gasteiger partial charge in [-0.1, -0.05) is 29.8 Å². The number of nitrogens with zero attached hydrogens (tertiary/aromatic N) is 1. The molecule has 1 aliphatic rings. The second kappa shape index (κ2) is 10.4. The number of halogens is 2. The first-order valence-corrected chi connectivity index (χ1v) is 10.6. The average Bonchev–Trinajstić information content (AvgIpc) is 2.75. The summed E-state index contributed by atoms with van der Waals surface area (Å²) in [4.78, 5) is 38.7. The van der Waals surface area contributed by atoms with Gasteiger partial charge in [0.15, 0.2) is 0 Å². The van der Waals surface area contributed by atoms with Gasteiger partial charge in [0.2, 0.25) is 11.8 Å². The number of likely N-dealkylation sites (tertiary alicyclic amines) is 1. The molecule has 3 amide bonds. The number of carbonyl (C=O) groups is 3. The maximum absolute atomic E-state index is 13.1. The van der Waals surface area contributed by atoms with E-state index < -0.39 is 6.04 Å². The van der Waals surface area contributed by atoms with Crippen LogP contribution >= 0.6 is 11.6 Å². The summed E-state index contributed by atoms with van der Waals surface area (Å²) < 4.78 is 13.1. The molecule has 0 aromatic heterocycles. The molecule has 1 fully saturated rings. The van der Waals surface area contributed by atoms with Gasteiger partial charge in [0.25, 0.3) is 5.91 Å². The van der Waals surface area contributed by atoms with Crippen molar-refractivity contribution in [3.63, 3.8) is 0 Å². The zero-order chi connectivity index (χ0) is 22.4. The Bertz CT molecular complexity index is 943. The van der Waals surface area contributed by atoms with Gasteiger partial charge in [-0.15, -0.1) is 0 Å². The summed E-state index contributed by atoms with van der Waals surface area (Å²) in [7, 11) is 0. The highest BCUT2D eigenvalue weighted by atomic mass is 35.5. The Morgan fingerprint density at radius 1 is 1.10 bits per heavy atom. The Morgan fingerprint density at radius 2 is 1.74 bits per heavy atom. The van der Waals surface area contributed by atoms with Gasteiger partial charge in [0.05, 0.1) is 0 Å². The molecule has 1 atom stereocenters. The molecule has 1 saturated heterocycles. The van der Waals surface area contributed by atoms with Crippen molar-refractivity contribution in [2.45, 2.75) is 38.3 Å². The zero-order valence-electron chi connectivity index (χ0n) is 17.2. The molecule has 3 rings (SSSR count). The molecule has 2 aromatic carbocycles. The molecule has 0 radical (unpaired) electrons. The fourth-order valence-corrected chi connectivity index (χ4v) is 3.86. The molecule has 164 valence electrons. The predicted molar refractivity (Wildman–Crippen MR) is 116 cm³/mol. The molecule has 2 aromatic rings. The predicted octanol–water partition coefficient (Wildman–Crippen LogP) is 2.95. The first kappa shape index (κ1) is 22.7. The number of piperidine rings is 1. The number of hydrogen-bond acceptors (Lipinski definition) is 3. The van der Waals surface area contributed by atoms with Crippen LogP contribution in [0.4, 0.5) is 4.39 Å². The highest BCUT2D eigenvalue weighted by molar-refractivity contribution is 6.31. The fourth-order valence-electron chi connectivity index (χ4n) is 3.64.